The monoisotopic (exact) mass is 355 g/mol. The number of nitrogens with zero attached hydrogens (tertiary/aromatic N) is 5. The maximum Gasteiger partial charge on any atom is 0.248 e. The number of carbonyl (C=O) groups is 1. The lowest BCUT2D eigenvalue weighted by Crippen LogP contribution is -2.37. The summed E-state index contributed by atoms with van der Waals surface area (Å²) in [5.41, 5.74) is 2.40. The second-order valence-corrected chi connectivity index (χ2v) is 7.05. The molecule has 0 saturated carbocycles. The molecule has 0 aromatic carbocycles. The maximum absolute atomic E-state index is 12.3. The molecule has 1 amide bonds. The summed E-state index contributed by atoms with van der Waals surface area (Å²) in [6.45, 7) is 5.00. The summed E-state index contributed by atoms with van der Waals surface area (Å²) in [5.74, 6) is 0.105. The van der Waals surface area contributed by atoms with E-state index in [4.69, 9.17) is 4.74 Å². The zero-order valence-corrected chi connectivity index (χ0v) is 15.0. The number of amides is 1. The Hall–Kier alpha value is -2.25. The summed E-state index contributed by atoms with van der Waals surface area (Å²) >= 11 is 0. The minimum absolute atomic E-state index is 0.0514. The molecule has 1 fully saturated rings. The van der Waals surface area contributed by atoms with E-state index in [1.54, 1.807) is 0 Å². The molecule has 26 heavy (non-hydrogen) atoms. The Balaban J connectivity index is 1.41. The highest BCUT2D eigenvalue weighted by Gasteiger charge is 2.25. The Morgan fingerprint density at radius 1 is 1.12 bits per heavy atom. The van der Waals surface area contributed by atoms with Crippen molar-refractivity contribution in [2.24, 2.45) is 0 Å². The van der Waals surface area contributed by atoms with E-state index in [1.807, 2.05) is 40.3 Å². The van der Waals surface area contributed by atoms with Gasteiger partial charge in [0.25, 0.3) is 0 Å². The summed E-state index contributed by atoms with van der Waals surface area (Å²) in [6.07, 6.45) is 7.62. The molecule has 4 rings (SSSR count). The zero-order valence-electron chi connectivity index (χ0n) is 15.0. The van der Waals surface area contributed by atoms with Crippen molar-refractivity contribution in [3.05, 3.63) is 48.0 Å². The van der Waals surface area contributed by atoms with Gasteiger partial charge < -0.3 is 9.64 Å². The zero-order chi connectivity index (χ0) is 17.8. The highest BCUT2D eigenvalue weighted by molar-refractivity contribution is 5.77. The molecule has 0 radical (unpaired) electrons. The highest BCUT2D eigenvalue weighted by atomic mass is 16.5. The average molecular weight is 355 g/mol. The first-order chi connectivity index (χ1) is 12.8. The Labute approximate surface area is 153 Å². The van der Waals surface area contributed by atoms with Gasteiger partial charge in [0.2, 0.25) is 5.91 Å². The number of aromatic nitrogens is 3. The van der Waals surface area contributed by atoms with E-state index in [0.29, 0.717) is 6.54 Å². The molecule has 2 aliphatic rings. The summed E-state index contributed by atoms with van der Waals surface area (Å²) in [4.78, 5) is 20.6. The fourth-order valence-corrected chi connectivity index (χ4v) is 3.71. The molecule has 1 unspecified atom stereocenters. The third-order valence-corrected chi connectivity index (χ3v) is 5.09. The van der Waals surface area contributed by atoms with Crippen molar-refractivity contribution in [2.75, 3.05) is 26.2 Å². The van der Waals surface area contributed by atoms with Crippen LogP contribution < -0.4 is 0 Å². The summed E-state index contributed by atoms with van der Waals surface area (Å²) in [5, 5.41) is 4.42. The molecule has 138 valence electrons. The largest absolute Gasteiger partial charge is 0.365 e. The molecule has 1 atom stereocenters. The van der Waals surface area contributed by atoms with Crippen LogP contribution in [-0.2, 0) is 29.2 Å². The van der Waals surface area contributed by atoms with Crippen LogP contribution in [0.5, 0.6) is 0 Å². The van der Waals surface area contributed by atoms with Crippen LogP contribution in [0, 0.1) is 0 Å². The molecular formula is C19H25N5O2. The van der Waals surface area contributed by atoms with Gasteiger partial charge >= 0.3 is 0 Å². The molecule has 0 N–H and O–H groups in total. The summed E-state index contributed by atoms with van der Waals surface area (Å²) < 4.78 is 8.02. The normalized spacial score (nSPS) is 20.8. The second-order valence-electron chi connectivity index (χ2n) is 7.05. The molecule has 2 aliphatic heterocycles. The minimum atomic E-state index is -0.0514. The van der Waals surface area contributed by atoms with Gasteiger partial charge in [0.15, 0.2) is 0 Å². The van der Waals surface area contributed by atoms with Crippen LogP contribution in [0.3, 0.4) is 0 Å². The maximum atomic E-state index is 12.3. The Kier molecular flexibility index (Phi) is 5.26. The number of rotatable bonds is 5. The van der Waals surface area contributed by atoms with Crippen molar-refractivity contribution in [1.82, 2.24) is 24.6 Å². The molecule has 0 bridgehead atoms. The van der Waals surface area contributed by atoms with E-state index < -0.39 is 0 Å². The van der Waals surface area contributed by atoms with Crippen LogP contribution >= 0.6 is 0 Å². The Morgan fingerprint density at radius 2 is 1.92 bits per heavy atom. The predicted octanol–water partition coefficient (Wildman–Crippen LogP) is 1.30. The van der Waals surface area contributed by atoms with Gasteiger partial charge in [-0.05, 0) is 36.6 Å². The molecule has 0 spiro atoms. The molecule has 1 saturated heterocycles. The number of pyridine rings is 1. The molecule has 0 aliphatic carbocycles. The first-order valence-electron chi connectivity index (χ1n) is 9.29. The average Bonchev–Trinajstić information content (AvgIpc) is 3.30. The van der Waals surface area contributed by atoms with E-state index in [-0.39, 0.29) is 18.6 Å². The topological polar surface area (TPSA) is 63.5 Å². The lowest BCUT2D eigenvalue weighted by molar-refractivity contribution is -0.137. The van der Waals surface area contributed by atoms with Gasteiger partial charge in [0.1, 0.15) is 6.61 Å². The Bertz CT molecular complexity index is 727. The number of hydrogen-bond acceptors (Lipinski definition) is 5. The van der Waals surface area contributed by atoms with Crippen LogP contribution in [-0.4, -0.2) is 62.8 Å². The van der Waals surface area contributed by atoms with Gasteiger partial charge in [-0.1, -0.05) is 0 Å². The molecule has 2 aromatic heterocycles. The molecule has 7 heteroatoms. The van der Waals surface area contributed by atoms with E-state index in [9.17, 15) is 4.79 Å². The standard InChI is InChI=1S/C19H25N5O2/c25-19(23-9-1-2-10-23)15-26-18-13-22(11-16-3-6-20-7-4-16)12-17-5-8-21-24(17)14-18/h3-8,18H,1-2,9-15H2. The van der Waals surface area contributed by atoms with Crippen molar-refractivity contribution >= 4 is 5.91 Å². The van der Waals surface area contributed by atoms with Gasteiger partial charge in [0.05, 0.1) is 18.3 Å². The van der Waals surface area contributed by atoms with Crippen molar-refractivity contribution < 1.29 is 9.53 Å². The number of hydrogen-bond donors (Lipinski definition) is 0. The van der Waals surface area contributed by atoms with Gasteiger partial charge in [-0.25, -0.2) is 0 Å². The lowest BCUT2D eigenvalue weighted by Gasteiger charge is -2.24. The number of fused-ring (bicyclic) bond motifs is 1. The van der Waals surface area contributed by atoms with Crippen molar-refractivity contribution in [3.8, 4) is 0 Å². The van der Waals surface area contributed by atoms with Gasteiger partial charge in [-0.15, -0.1) is 0 Å². The molecule has 2 aromatic rings. The minimum Gasteiger partial charge on any atom is -0.365 e. The molecule has 7 nitrogen and oxygen atoms in total. The summed E-state index contributed by atoms with van der Waals surface area (Å²) in [7, 11) is 0. The lowest BCUT2D eigenvalue weighted by atomic mass is 10.2. The SMILES string of the molecule is O=C(COC1CN(Cc2ccncc2)Cc2ccnn2C1)N1CCCC1. The fraction of sp³-hybridized carbons (Fsp3) is 0.526. The van der Waals surface area contributed by atoms with Crippen LogP contribution in [0.25, 0.3) is 0 Å². The predicted molar refractivity (Wildman–Crippen MR) is 96.1 cm³/mol. The van der Waals surface area contributed by atoms with Gasteiger partial charge in [-0.3, -0.25) is 19.4 Å². The van der Waals surface area contributed by atoms with E-state index in [2.05, 4.69) is 21.0 Å². The van der Waals surface area contributed by atoms with Crippen LogP contribution in [0.1, 0.15) is 24.1 Å². The fourth-order valence-electron chi connectivity index (χ4n) is 3.71. The van der Waals surface area contributed by atoms with Crippen LogP contribution in [0.4, 0.5) is 0 Å². The smallest absolute Gasteiger partial charge is 0.248 e. The van der Waals surface area contributed by atoms with Crippen molar-refractivity contribution in [1.29, 1.82) is 0 Å². The number of likely N-dealkylation sites (tertiary alicyclic amines) is 1. The first kappa shape index (κ1) is 17.2. The highest BCUT2D eigenvalue weighted by Crippen LogP contribution is 2.17. The van der Waals surface area contributed by atoms with Gasteiger partial charge in [-0.2, -0.15) is 5.10 Å². The van der Waals surface area contributed by atoms with Crippen LogP contribution in [0.2, 0.25) is 0 Å². The third-order valence-electron chi connectivity index (χ3n) is 5.09. The number of ether oxygens (including phenoxy) is 1. The van der Waals surface area contributed by atoms with Crippen molar-refractivity contribution in [3.63, 3.8) is 0 Å². The second kappa shape index (κ2) is 7.97. The summed E-state index contributed by atoms with van der Waals surface area (Å²) in [6, 6.07) is 6.13. The molecular weight excluding hydrogens is 330 g/mol. The molecule has 4 heterocycles. The van der Waals surface area contributed by atoms with Crippen molar-refractivity contribution in [2.45, 2.75) is 38.6 Å². The van der Waals surface area contributed by atoms with Gasteiger partial charge in [0, 0.05) is 51.3 Å². The van der Waals surface area contributed by atoms with E-state index >= 15 is 0 Å². The number of carbonyl (C=O) groups excluding carboxylic acids is 1. The first-order valence-corrected chi connectivity index (χ1v) is 9.29. The van der Waals surface area contributed by atoms with E-state index in [1.165, 1.54) is 11.3 Å². The van der Waals surface area contributed by atoms with E-state index in [0.717, 1.165) is 45.6 Å². The third kappa shape index (κ3) is 4.11. The van der Waals surface area contributed by atoms with Crippen LogP contribution in [0.15, 0.2) is 36.8 Å². The quantitative estimate of drug-likeness (QED) is 0.809. The Morgan fingerprint density at radius 3 is 2.73 bits per heavy atom.